The second-order valence-corrected chi connectivity index (χ2v) is 6.61. The number of amides is 1. The lowest BCUT2D eigenvalue weighted by Crippen LogP contribution is -2.28. The Morgan fingerprint density at radius 1 is 1.04 bits per heavy atom. The lowest BCUT2D eigenvalue weighted by Gasteiger charge is -2.06. The molecule has 1 heterocycles. The van der Waals surface area contributed by atoms with E-state index in [1.165, 1.54) is 16.1 Å². The van der Waals surface area contributed by atoms with Crippen LogP contribution in [0.5, 0.6) is 0 Å². The van der Waals surface area contributed by atoms with Crippen molar-refractivity contribution in [1.82, 2.24) is 9.13 Å². The van der Waals surface area contributed by atoms with Crippen molar-refractivity contribution >= 4 is 29.0 Å². The molecule has 1 aromatic heterocycles. The second kappa shape index (κ2) is 7.63. The minimum absolute atomic E-state index is 0.0398. The Morgan fingerprint density at radius 3 is 2.26 bits per heavy atom. The van der Waals surface area contributed by atoms with Gasteiger partial charge in [0.25, 0.3) is 0 Å². The van der Waals surface area contributed by atoms with E-state index in [-0.39, 0.29) is 23.9 Å². The molecule has 27 heavy (non-hydrogen) atoms. The largest absolute Gasteiger partial charge is 0.333 e. The van der Waals surface area contributed by atoms with Gasteiger partial charge in [-0.15, -0.1) is 0 Å². The Morgan fingerprint density at radius 2 is 1.67 bits per heavy atom. The van der Waals surface area contributed by atoms with Crippen LogP contribution < -0.4 is 11.0 Å². The van der Waals surface area contributed by atoms with Crippen molar-refractivity contribution in [3.05, 3.63) is 81.5 Å². The number of nitrogens with zero attached hydrogens (tertiary/aromatic N) is 2. The number of hydrogen-bond donors (Lipinski definition) is 1. The molecular weight excluding hydrogens is 366 g/mol. The fourth-order valence-electron chi connectivity index (χ4n) is 2.78. The quantitative estimate of drug-likeness (QED) is 0.686. The molecule has 2 aromatic carbocycles. The van der Waals surface area contributed by atoms with Gasteiger partial charge in [0.1, 0.15) is 6.54 Å². The van der Waals surface area contributed by atoms with Crippen LogP contribution in [0.15, 0.2) is 59.5 Å². The first-order chi connectivity index (χ1) is 12.8. The number of Topliss-reactive ketones (excluding diaryl/α,β-unsaturated/α-hetero) is 1. The zero-order valence-corrected chi connectivity index (χ0v) is 15.7. The van der Waals surface area contributed by atoms with E-state index in [9.17, 15) is 14.4 Å². The van der Waals surface area contributed by atoms with Crippen LogP contribution in [0.3, 0.4) is 0 Å². The Hall–Kier alpha value is -3.12. The first-order valence-corrected chi connectivity index (χ1v) is 8.68. The minimum Gasteiger partial charge on any atom is -0.325 e. The number of carbonyl (C=O) groups is 2. The number of hydrogen-bond acceptors (Lipinski definition) is 3. The van der Waals surface area contributed by atoms with E-state index in [0.29, 0.717) is 27.7 Å². The van der Waals surface area contributed by atoms with Crippen molar-refractivity contribution in [3.63, 3.8) is 0 Å². The molecule has 0 unspecified atom stereocenters. The Balaban J connectivity index is 1.80. The number of aryl methyl sites for hydroxylation is 1. The maximum atomic E-state index is 12.7. The highest BCUT2D eigenvalue weighted by Gasteiger charge is 2.13. The van der Waals surface area contributed by atoms with Gasteiger partial charge in [-0.05, 0) is 62.4 Å². The number of anilines is 1. The third kappa shape index (κ3) is 4.17. The van der Waals surface area contributed by atoms with Crippen LogP contribution in [-0.4, -0.2) is 20.8 Å². The number of carbonyl (C=O) groups excluding carboxylic acids is 2. The van der Waals surface area contributed by atoms with E-state index in [4.69, 9.17) is 11.6 Å². The molecule has 0 atom stereocenters. The van der Waals surface area contributed by atoms with Gasteiger partial charge < -0.3 is 5.32 Å². The van der Waals surface area contributed by atoms with Gasteiger partial charge in [-0.3, -0.25) is 18.7 Å². The summed E-state index contributed by atoms with van der Waals surface area (Å²) in [5, 5.41) is 3.31. The molecule has 0 saturated carbocycles. The fraction of sp³-hybridized carbons (Fsp3) is 0.150. The molecule has 3 aromatic rings. The molecule has 0 spiro atoms. The lowest BCUT2D eigenvalue weighted by atomic mass is 10.1. The monoisotopic (exact) mass is 383 g/mol. The molecule has 0 fully saturated rings. The smallest absolute Gasteiger partial charge is 0.325 e. The van der Waals surface area contributed by atoms with Crippen LogP contribution in [0, 0.1) is 6.92 Å². The zero-order chi connectivity index (χ0) is 19.6. The first kappa shape index (κ1) is 18.7. The summed E-state index contributed by atoms with van der Waals surface area (Å²) in [4.78, 5) is 36.3. The molecule has 7 heteroatoms. The average Bonchev–Trinajstić information content (AvgIpc) is 2.90. The molecule has 0 aliphatic rings. The van der Waals surface area contributed by atoms with Crippen LogP contribution in [0.2, 0.25) is 5.02 Å². The summed E-state index contributed by atoms with van der Waals surface area (Å²) < 4.78 is 2.85. The van der Waals surface area contributed by atoms with E-state index in [1.807, 2.05) is 0 Å². The molecule has 1 amide bonds. The van der Waals surface area contributed by atoms with Crippen LogP contribution in [-0.2, 0) is 11.3 Å². The predicted molar refractivity (Wildman–Crippen MR) is 105 cm³/mol. The molecule has 6 nitrogen and oxygen atoms in total. The molecule has 0 radical (unpaired) electrons. The Bertz CT molecular complexity index is 1050. The molecule has 138 valence electrons. The van der Waals surface area contributed by atoms with Crippen molar-refractivity contribution in [2.24, 2.45) is 0 Å². The first-order valence-electron chi connectivity index (χ1n) is 8.31. The number of halogens is 1. The van der Waals surface area contributed by atoms with Crippen molar-refractivity contribution in [2.75, 3.05) is 5.32 Å². The predicted octanol–water partition coefficient (Wildman–Crippen LogP) is 3.44. The van der Waals surface area contributed by atoms with E-state index in [2.05, 4.69) is 5.32 Å². The Kier molecular flexibility index (Phi) is 5.28. The maximum Gasteiger partial charge on any atom is 0.333 e. The topological polar surface area (TPSA) is 73.1 Å². The standard InChI is InChI=1S/C20H18ClN3O3/c1-13-11-23(12-19(26)22-17-7-5-16(21)6-8-17)20(27)24(13)18-9-3-15(4-10-18)14(2)25/h3-11H,12H2,1-2H3,(H,22,26). The third-order valence-electron chi connectivity index (χ3n) is 4.11. The average molecular weight is 384 g/mol. The van der Waals surface area contributed by atoms with Crippen LogP contribution in [0.1, 0.15) is 23.0 Å². The number of rotatable bonds is 5. The molecule has 0 aliphatic heterocycles. The summed E-state index contributed by atoms with van der Waals surface area (Å²) in [6, 6.07) is 13.5. The highest BCUT2D eigenvalue weighted by Crippen LogP contribution is 2.14. The van der Waals surface area contributed by atoms with Gasteiger partial charge in [0, 0.05) is 28.2 Å². The van der Waals surface area contributed by atoms with Crippen LogP contribution >= 0.6 is 11.6 Å². The summed E-state index contributed by atoms with van der Waals surface area (Å²) >= 11 is 5.82. The zero-order valence-electron chi connectivity index (χ0n) is 14.9. The van der Waals surface area contributed by atoms with Crippen molar-refractivity contribution < 1.29 is 9.59 Å². The maximum absolute atomic E-state index is 12.7. The molecule has 0 saturated heterocycles. The highest BCUT2D eigenvalue weighted by atomic mass is 35.5. The third-order valence-corrected chi connectivity index (χ3v) is 4.36. The van der Waals surface area contributed by atoms with Gasteiger partial charge in [-0.2, -0.15) is 0 Å². The number of benzene rings is 2. The van der Waals surface area contributed by atoms with Crippen LogP contribution in [0.4, 0.5) is 5.69 Å². The summed E-state index contributed by atoms with van der Waals surface area (Å²) in [7, 11) is 0. The van der Waals surface area contributed by atoms with E-state index >= 15 is 0 Å². The summed E-state index contributed by atoms with van der Waals surface area (Å²) in [5.41, 5.74) is 2.18. The van der Waals surface area contributed by atoms with E-state index < -0.39 is 0 Å². The molecule has 0 aliphatic carbocycles. The van der Waals surface area contributed by atoms with E-state index in [1.54, 1.807) is 61.7 Å². The van der Waals surface area contributed by atoms with Crippen molar-refractivity contribution in [1.29, 1.82) is 0 Å². The number of ketones is 1. The van der Waals surface area contributed by atoms with E-state index in [0.717, 1.165) is 0 Å². The molecule has 0 bridgehead atoms. The van der Waals surface area contributed by atoms with Gasteiger partial charge >= 0.3 is 5.69 Å². The van der Waals surface area contributed by atoms with Gasteiger partial charge in [0.05, 0.1) is 5.69 Å². The lowest BCUT2D eigenvalue weighted by molar-refractivity contribution is -0.116. The van der Waals surface area contributed by atoms with Crippen molar-refractivity contribution in [2.45, 2.75) is 20.4 Å². The minimum atomic E-state index is -0.325. The summed E-state index contributed by atoms with van der Waals surface area (Å²) in [6.07, 6.45) is 1.63. The Labute approximate surface area is 161 Å². The molecular formula is C20H18ClN3O3. The molecule has 1 N–H and O–H groups in total. The highest BCUT2D eigenvalue weighted by molar-refractivity contribution is 6.30. The fourth-order valence-corrected chi connectivity index (χ4v) is 2.90. The summed E-state index contributed by atoms with van der Waals surface area (Å²) in [5.74, 6) is -0.356. The van der Waals surface area contributed by atoms with Crippen LogP contribution in [0.25, 0.3) is 5.69 Å². The summed E-state index contributed by atoms with van der Waals surface area (Å²) in [6.45, 7) is 3.16. The number of aromatic nitrogens is 2. The number of nitrogens with one attached hydrogen (secondary N) is 1. The SMILES string of the molecule is CC(=O)c1ccc(-n2c(C)cn(CC(=O)Nc3ccc(Cl)cc3)c2=O)cc1. The van der Waals surface area contributed by atoms with Gasteiger partial charge in [0.15, 0.2) is 5.78 Å². The number of imidazole rings is 1. The van der Waals surface area contributed by atoms with Crippen molar-refractivity contribution in [3.8, 4) is 5.69 Å². The van der Waals surface area contributed by atoms with Gasteiger partial charge in [-0.25, -0.2) is 4.79 Å². The normalized spacial score (nSPS) is 10.6. The molecule has 3 rings (SSSR count). The van der Waals surface area contributed by atoms with Gasteiger partial charge in [0.2, 0.25) is 5.91 Å². The second-order valence-electron chi connectivity index (χ2n) is 6.17. The van der Waals surface area contributed by atoms with Gasteiger partial charge in [-0.1, -0.05) is 11.6 Å².